The molecule has 5 heteroatoms. The number of benzene rings is 1. The molecule has 1 atom stereocenters. The molecule has 1 rings (SSSR count). The second-order valence-corrected chi connectivity index (χ2v) is 3.32. The van der Waals surface area contributed by atoms with Gasteiger partial charge in [0.1, 0.15) is 7.45 Å². The van der Waals surface area contributed by atoms with Gasteiger partial charge in [0.25, 0.3) is 0 Å². The van der Waals surface area contributed by atoms with Crippen LogP contribution in [-0.4, -0.2) is 29.6 Å². The third-order valence-electron chi connectivity index (χ3n) is 2.08. The molecule has 0 fully saturated rings. The molecule has 1 aromatic rings. The van der Waals surface area contributed by atoms with Gasteiger partial charge < -0.3 is 16.2 Å². The van der Waals surface area contributed by atoms with Crippen molar-refractivity contribution >= 4 is 11.9 Å². The van der Waals surface area contributed by atoms with Gasteiger partial charge in [-0.3, -0.25) is 4.79 Å². The van der Waals surface area contributed by atoms with Crippen LogP contribution < -0.4 is 11.0 Å². The molecule has 1 aromatic carbocycles. The summed E-state index contributed by atoms with van der Waals surface area (Å²) in [4.78, 5) is 22.2. The summed E-state index contributed by atoms with van der Waals surface area (Å²) in [6, 6.07) is 8.07. The van der Waals surface area contributed by atoms with Crippen LogP contribution in [0.15, 0.2) is 30.3 Å². The quantitative estimate of drug-likeness (QED) is 0.620. The first-order valence-corrected chi connectivity index (χ1v) is 4.84. The Morgan fingerprint density at radius 2 is 2.12 bits per heavy atom. The van der Waals surface area contributed by atoms with Crippen LogP contribution in [0.1, 0.15) is 5.56 Å². The van der Waals surface area contributed by atoms with E-state index in [9.17, 15) is 9.59 Å². The Hall–Kier alpha value is -1.88. The standard InChI is InChI=1S/C11H14N2O3/c12-7-10(14)13-9(11(15)16)6-8-4-2-1-3-5-8/h1-5,9H,6-7,12H2,(H,13,14)(H,15,16)/t9-/m0/s1/i/hD. The highest BCUT2D eigenvalue weighted by Gasteiger charge is 2.19. The minimum atomic E-state index is -1.09. The van der Waals surface area contributed by atoms with Crippen molar-refractivity contribution in [2.75, 3.05) is 6.54 Å². The maximum Gasteiger partial charge on any atom is 0.326 e. The van der Waals surface area contributed by atoms with Crippen LogP contribution in [0, 0.1) is 0 Å². The van der Waals surface area contributed by atoms with Crippen molar-refractivity contribution in [3.8, 4) is 0 Å². The monoisotopic (exact) mass is 223 g/mol. The largest absolute Gasteiger partial charge is 0.480 e. The summed E-state index contributed by atoms with van der Waals surface area (Å²) in [5, 5.41) is 11.3. The Morgan fingerprint density at radius 3 is 2.69 bits per heavy atom. The number of nitrogens with one attached hydrogen (secondary N) is 1. The van der Waals surface area contributed by atoms with Crippen molar-refractivity contribution in [1.29, 1.82) is 0 Å². The molecule has 4 N–H and O–H groups in total. The summed E-state index contributed by atoms with van der Waals surface area (Å²) >= 11 is 0. The van der Waals surface area contributed by atoms with Crippen molar-refractivity contribution in [1.82, 2.24) is 5.32 Å². The number of nitrogens with two attached hydrogens (primary N) is 1. The minimum absolute atomic E-state index is 0.222. The number of amides is 1. The predicted molar refractivity (Wildman–Crippen MR) is 58.8 cm³/mol. The van der Waals surface area contributed by atoms with E-state index in [1.807, 2.05) is 11.8 Å². The SMILES string of the molecule is [2H]NCC(=O)N[C@@H](Cc1ccccc1)C(=O)O. The number of carbonyl (C=O) groups excluding carboxylic acids is 1. The molecule has 0 aliphatic carbocycles. The van der Waals surface area contributed by atoms with E-state index >= 15 is 0 Å². The van der Waals surface area contributed by atoms with Gasteiger partial charge in [-0.05, 0) is 5.56 Å². The lowest BCUT2D eigenvalue weighted by molar-refractivity contribution is -0.141. The lowest BCUT2D eigenvalue weighted by Gasteiger charge is -2.13. The zero-order valence-corrected chi connectivity index (χ0v) is 8.64. The third kappa shape index (κ3) is 3.70. The Bertz CT molecular complexity index is 384. The minimum Gasteiger partial charge on any atom is -0.480 e. The van der Waals surface area contributed by atoms with Gasteiger partial charge in [0.05, 0.1) is 6.54 Å². The zero-order valence-electron chi connectivity index (χ0n) is 9.64. The summed E-state index contributed by atoms with van der Waals surface area (Å²) in [6.45, 7) is -0.224. The van der Waals surface area contributed by atoms with E-state index in [-0.39, 0.29) is 13.0 Å². The number of rotatable bonds is 6. The Balaban J connectivity index is 2.61. The van der Waals surface area contributed by atoms with Crippen LogP contribution in [0.5, 0.6) is 0 Å². The van der Waals surface area contributed by atoms with Crippen molar-refractivity contribution in [2.24, 2.45) is 5.73 Å². The third-order valence-corrected chi connectivity index (χ3v) is 2.08. The van der Waals surface area contributed by atoms with Gasteiger partial charge in [0.2, 0.25) is 5.91 Å². The summed E-state index contributed by atoms with van der Waals surface area (Å²) in [7, 11) is 0. The van der Waals surface area contributed by atoms with Crippen molar-refractivity contribution in [3.63, 3.8) is 0 Å². The first-order chi connectivity index (χ1) is 8.13. The molecule has 0 saturated carbocycles. The molecule has 0 radical (unpaired) electrons. The van der Waals surface area contributed by atoms with Crippen LogP contribution in [0.25, 0.3) is 0 Å². The summed E-state index contributed by atoms with van der Waals surface area (Å²) < 4.78 is 6.65. The molecule has 1 amide bonds. The van der Waals surface area contributed by atoms with Gasteiger partial charge in [-0.2, -0.15) is 0 Å². The fraction of sp³-hybridized carbons (Fsp3) is 0.273. The molecule has 0 unspecified atom stereocenters. The van der Waals surface area contributed by atoms with Gasteiger partial charge in [-0.1, -0.05) is 30.3 Å². The lowest BCUT2D eigenvalue weighted by Crippen LogP contribution is -2.44. The van der Waals surface area contributed by atoms with Crippen molar-refractivity contribution in [2.45, 2.75) is 12.5 Å². The predicted octanol–water partition coefficient (Wildman–Crippen LogP) is -0.243. The lowest BCUT2D eigenvalue weighted by atomic mass is 10.1. The fourth-order valence-corrected chi connectivity index (χ4v) is 1.30. The van der Waals surface area contributed by atoms with Crippen molar-refractivity contribution < 1.29 is 16.1 Å². The fourth-order valence-electron chi connectivity index (χ4n) is 1.30. The summed E-state index contributed by atoms with van der Waals surface area (Å²) in [6.07, 6.45) is 0.222. The Labute approximate surface area is 94.7 Å². The van der Waals surface area contributed by atoms with Crippen LogP contribution >= 0.6 is 0 Å². The molecule has 0 spiro atoms. The molecule has 0 aromatic heterocycles. The maximum absolute atomic E-state index is 11.2. The first kappa shape index (κ1) is 10.6. The van der Waals surface area contributed by atoms with E-state index in [0.717, 1.165) is 5.56 Å². The number of hydrogen-bond acceptors (Lipinski definition) is 3. The number of carboxylic acids is 1. The summed E-state index contributed by atoms with van der Waals surface area (Å²) in [5.74, 6) is -1.60. The van der Waals surface area contributed by atoms with Crippen LogP contribution in [0.4, 0.5) is 0 Å². The van der Waals surface area contributed by atoms with E-state index in [1.165, 1.54) is 0 Å². The molecule has 0 bridgehead atoms. The van der Waals surface area contributed by atoms with E-state index in [1.54, 1.807) is 24.3 Å². The Kier molecular flexibility index (Phi) is 3.90. The number of aliphatic carboxylic acids is 1. The average molecular weight is 223 g/mol. The normalized spacial score (nSPS) is 12.6. The average Bonchev–Trinajstić information content (AvgIpc) is 2.29. The van der Waals surface area contributed by atoms with Gasteiger partial charge in [0, 0.05) is 6.42 Å². The first-order valence-electron chi connectivity index (χ1n) is 5.34. The zero-order chi connectivity index (χ0) is 12.7. The molecular formula is C11H14N2O3. The molecule has 0 saturated heterocycles. The maximum atomic E-state index is 11.2. The van der Waals surface area contributed by atoms with Crippen LogP contribution in [0.3, 0.4) is 0 Å². The highest BCUT2D eigenvalue weighted by molar-refractivity contribution is 5.84. The second-order valence-electron chi connectivity index (χ2n) is 3.32. The second kappa shape index (κ2) is 5.87. The molecule has 86 valence electrons. The highest BCUT2D eigenvalue weighted by atomic mass is 16.4. The molecule has 0 heterocycles. The molecule has 0 aliphatic rings. The van der Waals surface area contributed by atoms with Gasteiger partial charge in [-0.25, -0.2) is 4.79 Å². The van der Waals surface area contributed by atoms with E-state index in [2.05, 4.69) is 5.32 Å². The molecule has 5 nitrogen and oxygen atoms in total. The molecule has 0 aliphatic heterocycles. The molecule has 16 heavy (non-hydrogen) atoms. The van der Waals surface area contributed by atoms with Crippen LogP contribution in [-0.2, 0) is 16.0 Å². The van der Waals surface area contributed by atoms with Crippen LogP contribution in [0.2, 0.25) is 1.41 Å². The van der Waals surface area contributed by atoms with Gasteiger partial charge in [0.15, 0.2) is 0 Å². The van der Waals surface area contributed by atoms with E-state index < -0.39 is 17.9 Å². The number of hydrogen-bond donors (Lipinski definition) is 3. The number of carbonyl (C=O) groups is 2. The van der Waals surface area contributed by atoms with E-state index in [4.69, 9.17) is 6.52 Å². The van der Waals surface area contributed by atoms with Crippen molar-refractivity contribution in [3.05, 3.63) is 35.9 Å². The highest BCUT2D eigenvalue weighted by Crippen LogP contribution is 2.03. The van der Waals surface area contributed by atoms with Gasteiger partial charge >= 0.3 is 5.97 Å². The summed E-state index contributed by atoms with van der Waals surface area (Å²) in [5.41, 5.74) is 2.75. The topological polar surface area (TPSA) is 92.4 Å². The number of carboxylic acid groups (broad SMARTS) is 1. The van der Waals surface area contributed by atoms with E-state index in [0.29, 0.717) is 0 Å². The van der Waals surface area contributed by atoms with Gasteiger partial charge in [-0.15, -0.1) is 0 Å². The Morgan fingerprint density at radius 1 is 1.44 bits per heavy atom. The smallest absolute Gasteiger partial charge is 0.326 e. The molecular weight excluding hydrogens is 208 g/mol.